The maximum atomic E-state index is 12.9. The minimum Gasteiger partial charge on any atom is -0.483 e. The lowest BCUT2D eigenvalue weighted by atomic mass is 9.90. The van der Waals surface area contributed by atoms with Gasteiger partial charge in [-0.1, -0.05) is 19.1 Å². The summed E-state index contributed by atoms with van der Waals surface area (Å²) in [5.41, 5.74) is 0.340. The lowest BCUT2D eigenvalue weighted by molar-refractivity contribution is -0.143. The molecule has 7 heteroatoms. The number of benzene rings is 1. The predicted octanol–water partition coefficient (Wildman–Crippen LogP) is 1.34. The van der Waals surface area contributed by atoms with E-state index in [0.29, 0.717) is 24.3 Å². The van der Waals surface area contributed by atoms with Gasteiger partial charge in [-0.15, -0.1) is 0 Å². The number of carbonyl (C=O) groups excluding carboxylic acids is 2. The summed E-state index contributed by atoms with van der Waals surface area (Å²) >= 11 is 0. The van der Waals surface area contributed by atoms with Gasteiger partial charge in [0.05, 0.1) is 11.5 Å². The highest BCUT2D eigenvalue weighted by molar-refractivity contribution is 5.97. The molecule has 2 atom stereocenters. The van der Waals surface area contributed by atoms with E-state index < -0.39 is 11.9 Å². The lowest BCUT2D eigenvalue weighted by Gasteiger charge is -2.35. The smallest absolute Gasteiger partial charge is 0.308 e. The second-order valence-electron chi connectivity index (χ2n) is 6.66. The Hall–Kier alpha value is -2.57. The van der Waals surface area contributed by atoms with Crippen LogP contribution in [0.2, 0.25) is 0 Å². The van der Waals surface area contributed by atoms with Crippen LogP contribution in [0.25, 0.3) is 0 Å². The van der Waals surface area contributed by atoms with Gasteiger partial charge in [0.25, 0.3) is 11.8 Å². The molecule has 0 aliphatic carbocycles. The first-order valence-corrected chi connectivity index (χ1v) is 8.23. The monoisotopic (exact) mass is 348 g/mol. The zero-order valence-corrected chi connectivity index (χ0v) is 14.8. The summed E-state index contributed by atoms with van der Waals surface area (Å²) in [7, 11) is 3.26. The van der Waals surface area contributed by atoms with Gasteiger partial charge in [-0.05, 0) is 24.5 Å². The number of piperidine rings is 1. The molecule has 0 bridgehead atoms. The van der Waals surface area contributed by atoms with E-state index in [4.69, 9.17) is 4.74 Å². The van der Waals surface area contributed by atoms with E-state index in [9.17, 15) is 19.5 Å². The number of carboxylic acid groups (broad SMARTS) is 1. The molecule has 1 aliphatic rings. The largest absolute Gasteiger partial charge is 0.483 e. The maximum absolute atomic E-state index is 12.9. The fourth-order valence-electron chi connectivity index (χ4n) is 2.90. The van der Waals surface area contributed by atoms with Crippen molar-refractivity contribution in [2.45, 2.75) is 13.3 Å². The van der Waals surface area contributed by atoms with Crippen LogP contribution in [0.1, 0.15) is 23.7 Å². The molecule has 1 aliphatic heterocycles. The molecule has 1 aromatic carbocycles. The minimum absolute atomic E-state index is 0.113. The van der Waals surface area contributed by atoms with Crippen LogP contribution in [-0.4, -0.2) is 66.5 Å². The van der Waals surface area contributed by atoms with Gasteiger partial charge >= 0.3 is 5.97 Å². The van der Waals surface area contributed by atoms with E-state index in [1.165, 1.54) is 4.90 Å². The summed E-state index contributed by atoms with van der Waals surface area (Å²) < 4.78 is 5.52. The Balaban J connectivity index is 2.16. The molecule has 25 heavy (non-hydrogen) atoms. The zero-order valence-electron chi connectivity index (χ0n) is 14.8. The molecular weight excluding hydrogens is 324 g/mol. The summed E-state index contributed by atoms with van der Waals surface area (Å²) in [4.78, 5) is 38.8. The third-order valence-electron chi connectivity index (χ3n) is 4.26. The lowest BCUT2D eigenvalue weighted by Crippen LogP contribution is -2.45. The molecular formula is C18H24N2O5. The number of likely N-dealkylation sites (N-methyl/N-ethyl adjacent to an activating group) is 1. The van der Waals surface area contributed by atoms with Crippen LogP contribution in [0.5, 0.6) is 5.75 Å². The molecule has 1 heterocycles. The van der Waals surface area contributed by atoms with Crippen LogP contribution < -0.4 is 4.74 Å². The molecule has 0 radical (unpaired) electrons. The number of ether oxygens (including phenoxy) is 1. The number of likely N-dealkylation sites (tertiary alicyclic amines) is 1. The number of para-hydroxylation sites is 1. The summed E-state index contributed by atoms with van der Waals surface area (Å²) in [6.07, 6.45) is 0.564. The SMILES string of the molecule is CC1CC(C(=O)O)CN(C(=O)c2ccccc2OCC(=O)N(C)C)C1. The molecule has 136 valence electrons. The van der Waals surface area contributed by atoms with Gasteiger partial charge in [0, 0.05) is 27.2 Å². The van der Waals surface area contributed by atoms with Gasteiger partial charge in [-0.25, -0.2) is 0 Å². The molecule has 2 unspecified atom stereocenters. The maximum Gasteiger partial charge on any atom is 0.308 e. The van der Waals surface area contributed by atoms with E-state index in [1.807, 2.05) is 6.92 Å². The van der Waals surface area contributed by atoms with Crippen LogP contribution in [0.15, 0.2) is 24.3 Å². The first-order chi connectivity index (χ1) is 11.8. The molecule has 2 amide bonds. The van der Waals surface area contributed by atoms with Crippen molar-refractivity contribution in [3.63, 3.8) is 0 Å². The molecule has 0 spiro atoms. The zero-order chi connectivity index (χ0) is 18.6. The van der Waals surface area contributed by atoms with Crippen LogP contribution in [0.3, 0.4) is 0 Å². The number of aliphatic carboxylic acids is 1. The average molecular weight is 348 g/mol. The highest BCUT2D eigenvalue weighted by atomic mass is 16.5. The third-order valence-corrected chi connectivity index (χ3v) is 4.26. The number of carboxylic acids is 1. The first kappa shape index (κ1) is 18.8. The topological polar surface area (TPSA) is 87.1 Å². The van der Waals surface area contributed by atoms with E-state index in [1.54, 1.807) is 43.3 Å². The van der Waals surface area contributed by atoms with E-state index in [0.717, 1.165) is 0 Å². The van der Waals surface area contributed by atoms with Gasteiger partial charge in [0.1, 0.15) is 5.75 Å². The Kier molecular flexibility index (Phi) is 6.01. The fraction of sp³-hybridized carbons (Fsp3) is 0.500. The summed E-state index contributed by atoms with van der Waals surface area (Å²) in [5, 5.41) is 9.27. The Morgan fingerprint density at radius 3 is 2.56 bits per heavy atom. The second kappa shape index (κ2) is 8.00. The minimum atomic E-state index is -0.884. The normalized spacial score (nSPS) is 20.0. The molecule has 7 nitrogen and oxygen atoms in total. The Morgan fingerprint density at radius 2 is 1.92 bits per heavy atom. The van der Waals surface area contributed by atoms with Gasteiger partial charge in [0.2, 0.25) is 0 Å². The number of nitrogens with zero attached hydrogens (tertiary/aromatic N) is 2. The summed E-state index contributed by atoms with van der Waals surface area (Å²) in [6, 6.07) is 6.71. The molecule has 1 fully saturated rings. The van der Waals surface area contributed by atoms with Crippen molar-refractivity contribution in [2.24, 2.45) is 11.8 Å². The highest BCUT2D eigenvalue weighted by Crippen LogP contribution is 2.26. The number of hydrogen-bond donors (Lipinski definition) is 1. The van der Waals surface area contributed by atoms with Crippen LogP contribution in [0.4, 0.5) is 0 Å². The van der Waals surface area contributed by atoms with Crippen molar-refractivity contribution in [1.82, 2.24) is 9.80 Å². The summed E-state index contributed by atoms with van der Waals surface area (Å²) in [5.74, 6) is -1.48. The van der Waals surface area contributed by atoms with Crippen molar-refractivity contribution in [3.05, 3.63) is 29.8 Å². The van der Waals surface area contributed by atoms with Gasteiger partial charge < -0.3 is 19.6 Å². The van der Waals surface area contributed by atoms with Crippen LogP contribution >= 0.6 is 0 Å². The van der Waals surface area contributed by atoms with E-state index >= 15 is 0 Å². The van der Waals surface area contributed by atoms with E-state index in [2.05, 4.69) is 0 Å². The van der Waals surface area contributed by atoms with Crippen LogP contribution in [0, 0.1) is 11.8 Å². The molecule has 1 aromatic rings. The number of hydrogen-bond acceptors (Lipinski definition) is 4. The third kappa shape index (κ3) is 4.71. The second-order valence-corrected chi connectivity index (χ2v) is 6.66. The summed E-state index contributed by atoms with van der Waals surface area (Å²) in [6.45, 7) is 2.47. The Labute approximate surface area is 147 Å². The van der Waals surface area contributed by atoms with Gasteiger partial charge in [-0.3, -0.25) is 14.4 Å². The van der Waals surface area contributed by atoms with Gasteiger partial charge in [-0.2, -0.15) is 0 Å². The highest BCUT2D eigenvalue weighted by Gasteiger charge is 2.33. The van der Waals surface area contributed by atoms with Gasteiger partial charge in [0.15, 0.2) is 6.61 Å². The molecule has 1 saturated heterocycles. The molecule has 0 aromatic heterocycles. The first-order valence-electron chi connectivity index (χ1n) is 8.23. The number of amides is 2. The number of carbonyl (C=O) groups is 3. The van der Waals surface area contributed by atoms with E-state index in [-0.39, 0.29) is 30.9 Å². The van der Waals surface area contributed by atoms with Crippen LogP contribution in [-0.2, 0) is 9.59 Å². The van der Waals surface area contributed by atoms with Crippen molar-refractivity contribution in [1.29, 1.82) is 0 Å². The van der Waals surface area contributed by atoms with Crippen molar-refractivity contribution < 1.29 is 24.2 Å². The predicted molar refractivity (Wildman–Crippen MR) is 91.4 cm³/mol. The Morgan fingerprint density at radius 1 is 1.24 bits per heavy atom. The number of rotatable bonds is 5. The quantitative estimate of drug-likeness (QED) is 0.868. The Bertz CT molecular complexity index is 659. The molecule has 1 N–H and O–H groups in total. The standard InChI is InChI=1S/C18H24N2O5/c1-12-8-13(18(23)24)10-20(9-12)17(22)14-6-4-5-7-15(14)25-11-16(21)19(2)3/h4-7,12-13H,8-11H2,1-3H3,(H,23,24). The van der Waals surface area contributed by atoms with Crippen molar-refractivity contribution >= 4 is 17.8 Å². The molecule has 2 rings (SSSR count). The average Bonchev–Trinajstić information content (AvgIpc) is 2.58. The molecule has 0 saturated carbocycles. The fourth-order valence-corrected chi connectivity index (χ4v) is 2.90. The van der Waals surface area contributed by atoms with Crippen molar-refractivity contribution in [3.8, 4) is 5.75 Å². The van der Waals surface area contributed by atoms with Crippen molar-refractivity contribution in [2.75, 3.05) is 33.8 Å².